The van der Waals surface area contributed by atoms with E-state index in [-0.39, 0.29) is 36.8 Å². The van der Waals surface area contributed by atoms with Crippen molar-refractivity contribution >= 4 is 28.6 Å². The van der Waals surface area contributed by atoms with Gasteiger partial charge in [0.05, 0.1) is 6.42 Å². The molecule has 2 aliphatic carbocycles. The Labute approximate surface area is 201 Å². The number of nitrogens with one attached hydrogen (secondary N) is 2. The number of benzene rings is 2. The van der Waals surface area contributed by atoms with E-state index in [9.17, 15) is 14.4 Å². The fraction of sp³-hybridized carbons (Fsp3) is 0.536. The molecule has 0 spiro atoms. The zero-order valence-electron chi connectivity index (χ0n) is 20.4. The highest BCUT2D eigenvalue weighted by Crippen LogP contribution is 2.49. The van der Waals surface area contributed by atoms with Crippen LogP contribution in [0.1, 0.15) is 52.0 Å². The van der Waals surface area contributed by atoms with Crippen LogP contribution in [0.5, 0.6) is 0 Å². The van der Waals surface area contributed by atoms with Crippen LogP contribution in [0.25, 0.3) is 10.8 Å². The van der Waals surface area contributed by atoms with Crippen LogP contribution in [0.3, 0.4) is 0 Å². The Morgan fingerprint density at radius 2 is 1.71 bits per heavy atom. The maximum absolute atomic E-state index is 12.8. The lowest BCUT2D eigenvalue weighted by Crippen LogP contribution is -2.47. The lowest BCUT2D eigenvalue weighted by molar-refractivity contribution is -0.153. The average molecular weight is 465 g/mol. The summed E-state index contributed by atoms with van der Waals surface area (Å²) in [5, 5.41) is 7.92. The largest absolute Gasteiger partial charge is 0.454 e. The fourth-order valence-corrected chi connectivity index (χ4v) is 5.88. The maximum atomic E-state index is 12.8. The molecule has 0 heterocycles. The molecule has 6 nitrogen and oxygen atoms in total. The van der Waals surface area contributed by atoms with Gasteiger partial charge in [-0.1, -0.05) is 62.7 Å². The smallest absolute Gasteiger partial charge is 0.329 e. The first-order chi connectivity index (χ1) is 16.3. The average Bonchev–Trinajstić information content (AvgIpc) is 3.45. The molecule has 34 heavy (non-hydrogen) atoms. The van der Waals surface area contributed by atoms with E-state index >= 15 is 0 Å². The fourth-order valence-electron chi connectivity index (χ4n) is 5.88. The Kier molecular flexibility index (Phi) is 7.54. The van der Waals surface area contributed by atoms with Gasteiger partial charge in [0.2, 0.25) is 5.91 Å². The number of ether oxygens (including phenoxy) is 1. The van der Waals surface area contributed by atoms with Crippen LogP contribution in [0.15, 0.2) is 42.5 Å². The summed E-state index contributed by atoms with van der Waals surface area (Å²) in [6.45, 7) is 5.42. The van der Waals surface area contributed by atoms with Crippen molar-refractivity contribution < 1.29 is 19.1 Å². The molecule has 4 rings (SSSR count). The molecule has 2 saturated carbocycles. The molecule has 2 aromatic carbocycles. The Hall–Kier alpha value is -2.89. The number of fused-ring (bicyclic) bond motifs is 3. The lowest BCUT2D eigenvalue weighted by atomic mass is 9.84. The first-order valence-electron chi connectivity index (χ1n) is 12.5. The second-order valence-corrected chi connectivity index (χ2v) is 10.4. The van der Waals surface area contributed by atoms with E-state index in [2.05, 4.69) is 17.6 Å². The van der Waals surface area contributed by atoms with Crippen molar-refractivity contribution in [2.24, 2.45) is 23.7 Å². The molecule has 4 unspecified atom stereocenters. The third-order valence-corrected chi connectivity index (χ3v) is 7.64. The summed E-state index contributed by atoms with van der Waals surface area (Å²) in [4.78, 5) is 37.9. The van der Waals surface area contributed by atoms with Gasteiger partial charge in [0.1, 0.15) is 6.04 Å². The summed E-state index contributed by atoms with van der Waals surface area (Å²) in [5.41, 5.74) is 0.903. The van der Waals surface area contributed by atoms with E-state index in [0.717, 1.165) is 22.3 Å². The van der Waals surface area contributed by atoms with Crippen molar-refractivity contribution in [1.82, 2.24) is 10.6 Å². The Morgan fingerprint density at radius 3 is 2.41 bits per heavy atom. The molecule has 0 aromatic heterocycles. The quantitative estimate of drug-likeness (QED) is 0.549. The van der Waals surface area contributed by atoms with Gasteiger partial charge in [-0.3, -0.25) is 9.59 Å². The van der Waals surface area contributed by atoms with E-state index in [1.165, 1.54) is 25.7 Å². The second-order valence-electron chi connectivity index (χ2n) is 10.4. The minimum Gasteiger partial charge on any atom is -0.454 e. The summed E-state index contributed by atoms with van der Waals surface area (Å²) in [6, 6.07) is 13.0. The summed E-state index contributed by atoms with van der Waals surface area (Å²) in [5.74, 6) is 0.773. The van der Waals surface area contributed by atoms with E-state index < -0.39 is 12.0 Å². The molecule has 2 amide bonds. The lowest BCUT2D eigenvalue weighted by Gasteiger charge is -2.28. The zero-order valence-corrected chi connectivity index (χ0v) is 20.4. The summed E-state index contributed by atoms with van der Waals surface area (Å²) < 4.78 is 5.31. The third-order valence-electron chi connectivity index (χ3n) is 7.64. The number of hydrogen-bond acceptors (Lipinski definition) is 4. The van der Waals surface area contributed by atoms with Crippen LogP contribution in [-0.4, -0.2) is 36.5 Å². The van der Waals surface area contributed by atoms with Crippen LogP contribution in [0.4, 0.5) is 0 Å². The normalized spacial score (nSPS) is 23.0. The molecule has 5 atom stereocenters. The highest BCUT2D eigenvalue weighted by molar-refractivity contribution is 5.92. The summed E-state index contributed by atoms with van der Waals surface area (Å²) in [6.07, 6.45) is 5.22. The van der Waals surface area contributed by atoms with Crippen molar-refractivity contribution in [2.45, 2.75) is 65.0 Å². The van der Waals surface area contributed by atoms with Gasteiger partial charge < -0.3 is 15.4 Å². The maximum Gasteiger partial charge on any atom is 0.329 e. The molecule has 2 bridgehead atoms. The SMILES string of the molecule is CC(NC(=O)COC(=O)[C@@H](NC(=O)Cc1cccc2ccccc12)C(C)C)C1CC2CCC1C2. The van der Waals surface area contributed by atoms with Crippen molar-refractivity contribution in [3.05, 3.63) is 48.0 Å². The van der Waals surface area contributed by atoms with Crippen LogP contribution < -0.4 is 10.6 Å². The molecule has 2 N–H and O–H groups in total. The number of hydrogen-bond donors (Lipinski definition) is 2. The van der Waals surface area contributed by atoms with Crippen molar-refractivity contribution in [1.29, 1.82) is 0 Å². The van der Waals surface area contributed by atoms with Crippen LogP contribution in [0.2, 0.25) is 0 Å². The first-order valence-corrected chi connectivity index (χ1v) is 12.5. The molecule has 0 radical (unpaired) electrons. The summed E-state index contributed by atoms with van der Waals surface area (Å²) >= 11 is 0. The van der Waals surface area contributed by atoms with E-state index in [1.54, 1.807) is 0 Å². The predicted octanol–water partition coefficient (Wildman–Crippen LogP) is 4.01. The van der Waals surface area contributed by atoms with Gasteiger partial charge in [0, 0.05) is 6.04 Å². The van der Waals surface area contributed by atoms with Gasteiger partial charge in [0.25, 0.3) is 5.91 Å². The Balaban J connectivity index is 1.28. The van der Waals surface area contributed by atoms with Crippen molar-refractivity contribution in [2.75, 3.05) is 6.61 Å². The third kappa shape index (κ3) is 5.60. The van der Waals surface area contributed by atoms with Crippen molar-refractivity contribution in [3.63, 3.8) is 0 Å². The molecule has 2 fully saturated rings. The van der Waals surface area contributed by atoms with Crippen LogP contribution in [-0.2, 0) is 25.5 Å². The van der Waals surface area contributed by atoms with Gasteiger partial charge in [-0.2, -0.15) is 0 Å². The molecular formula is C28H36N2O4. The molecule has 0 saturated heterocycles. The Bertz CT molecular complexity index is 1040. The standard InChI is InChI=1S/C28H36N2O4/c1-17(2)27(30-25(31)15-21-9-6-8-20-7-4-5-10-23(20)21)28(33)34-16-26(32)29-18(3)24-14-19-11-12-22(24)13-19/h4-10,17-19,22,24,27H,11-16H2,1-3H3,(H,29,32)(H,30,31)/t18?,19?,22?,24?,27-/m0/s1. The molecule has 182 valence electrons. The highest BCUT2D eigenvalue weighted by atomic mass is 16.5. The molecule has 6 heteroatoms. The number of carbonyl (C=O) groups excluding carboxylic acids is 3. The highest BCUT2D eigenvalue weighted by Gasteiger charge is 2.42. The van der Waals surface area contributed by atoms with Gasteiger partial charge >= 0.3 is 5.97 Å². The molecular weight excluding hydrogens is 428 g/mol. The zero-order chi connectivity index (χ0) is 24.2. The second kappa shape index (κ2) is 10.6. The number of amides is 2. The molecule has 2 aromatic rings. The number of carbonyl (C=O) groups is 3. The van der Waals surface area contributed by atoms with Crippen molar-refractivity contribution in [3.8, 4) is 0 Å². The van der Waals surface area contributed by atoms with Gasteiger partial charge in [0.15, 0.2) is 6.61 Å². The Morgan fingerprint density at radius 1 is 0.941 bits per heavy atom. The minimum absolute atomic E-state index is 0.0859. The number of esters is 1. The summed E-state index contributed by atoms with van der Waals surface area (Å²) in [7, 11) is 0. The van der Waals surface area contributed by atoms with Crippen LogP contribution >= 0.6 is 0 Å². The van der Waals surface area contributed by atoms with Gasteiger partial charge in [-0.25, -0.2) is 4.79 Å². The minimum atomic E-state index is -0.807. The molecule has 2 aliphatic rings. The predicted molar refractivity (Wildman–Crippen MR) is 132 cm³/mol. The monoisotopic (exact) mass is 464 g/mol. The van der Waals surface area contributed by atoms with Gasteiger partial charge in [-0.15, -0.1) is 0 Å². The first kappa shape index (κ1) is 24.2. The van der Waals surface area contributed by atoms with Gasteiger partial charge in [-0.05, 0) is 66.2 Å². The number of rotatable bonds is 9. The molecule has 0 aliphatic heterocycles. The van der Waals surface area contributed by atoms with E-state index in [4.69, 9.17) is 4.74 Å². The van der Waals surface area contributed by atoms with Crippen LogP contribution in [0, 0.1) is 23.7 Å². The van der Waals surface area contributed by atoms with E-state index in [1.807, 2.05) is 56.3 Å². The topological polar surface area (TPSA) is 84.5 Å². The van der Waals surface area contributed by atoms with E-state index in [0.29, 0.717) is 11.8 Å².